The van der Waals surface area contributed by atoms with Crippen LogP contribution in [0.2, 0.25) is 0 Å². The predicted octanol–water partition coefficient (Wildman–Crippen LogP) is -1.23. The zero-order valence-electron chi connectivity index (χ0n) is 7.18. The van der Waals surface area contributed by atoms with Gasteiger partial charge in [-0.1, -0.05) is 19.8 Å². The van der Waals surface area contributed by atoms with Gasteiger partial charge in [0.1, 0.15) is 0 Å². The monoisotopic (exact) mass is 140 g/mol. The van der Waals surface area contributed by atoms with E-state index in [9.17, 15) is 4.79 Å². The first-order valence-electron chi connectivity index (χ1n) is 2.99. The van der Waals surface area contributed by atoms with Crippen LogP contribution in [0.15, 0.2) is 0 Å². The molecule has 0 aromatic rings. The summed E-state index contributed by atoms with van der Waals surface area (Å²) < 4.78 is 0. The number of unbranched alkanes of at least 4 members (excludes halogenated alkanes) is 2. The van der Waals surface area contributed by atoms with Crippen molar-refractivity contribution in [3.8, 4) is 0 Å². The Morgan fingerprint density at radius 3 is 2.44 bits per heavy atom. The van der Waals surface area contributed by atoms with E-state index < -0.39 is 5.97 Å². The van der Waals surface area contributed by atoms with Crippen molar-refractivity contribution in [1.29, 1.82) is 0 Å². The molecule has 0 aliphatic heterocycles. The Kier molecular flexibility index (Phi) is 11.5. The standard InChI is InChI=1S/C6H12O2.Na.H/c1-2-3-4-5-6(7)8;;/h2-5H2,1H3,(H,7,8);;/q;+1;-1. The molecule has 50 valence electrons. The minimum atomic E-state index is -0.682. The SMILES string of the molecule is CCCCCC(=O)O.[H-].[Na+]. The number of carbonyl (C=O) groups is 1. The first-order valence-corrected chi connectivity index (χ1v) is 2.99. The van der Waals surface area contributed by atoms with Gasteiger partial charge in [-0.15, -0.1) is 0 Å². The number of rotatable bonds is 4. The average molecular weight is 140 g/mol. The Morgan fingerprint density at radius 1 is 1.56 bits per heavy atom. The zero-order valence-corrected chi connectivity index (χ0v) is 8.18. The van der Waals surface area contributed by atoms with Crippen molar-refractivity contribution in [2.24, 2.45) is 0 Å². The zero-order chi connectivity index (χ0) is 6.41. The van der Waals surface area contributed by atoms with Crippen LogP contribution in [-0.2, 0) is 4.79 Å². The molecule has 0 heterocycles. The summed E-state index contributed by atoms with van der Waals surface area (Å²) >= 11 is 0. The van der Waals surface area contributed by atoms with Crippen LogP contribution in [0.3, 0.4) is 0 Å². The summed E-state index contributed by atoms with van der Waals surface area (Å²) in [6.45, 7) is 2.06. The van der Waals surface area contributed by atoms with Crippen molar-refractivity contribution < 1.29 is 40.9 Å². The third-order valence-corrected chi connectivity index (χ3v) is 0.994. The quantitative estimate of drug-likeness (QED) is 0.392. The summed E-state index contributed by atoms with van der Waals surface area (Å²) in [6.07, 6.45) is 3.28. The van der Waals surface area contributed by atoms with Crippen molar-refractivity contribution in [3.05, 3.63) is 0 Å². The van der Waals surface area contributed by atoms with E-state index >= 15 is 0 Å². The van der Waals surface area contributed by atoms with Gasteiger partial charge in [0.05, 0.1) is 0 Å². The summed E-state index contributed by atoms with van der Waals surface area (Å²) in [6, 6.07) is 0. The van der Waals surface area contributed by atoms with Gasteiger partial charge < -0.3 is 6.53 Å². The number of hydrogen-bond donors (Lipinski definition) is 1. The van der Waals surface area contributed by atoms with Crippen molar-refractivity contribution in [2.45, 2.75) is 32.6 Å². The summed E-state index contributed by atoms with van der Waals surface area (Å²) in [5, 5.41) is 8.14. The molecule has 0 aliphatic carbocycles. The molecule has 0 radical (unpaired) electrons. The van der Waals surface area contributed by atoms with E-state index in [4.69, 9.17) is 5.11 Å². The van der Waals surface area contributed by atoms with Crippen LogP contribution in [0.4, 0.5) is 0 Å². The molecule has 1 N–H and O–H groups in total. The Balaban J connectivity index is -0.000000245. The van der Waals surface area contributed by atoms with Crippen LogP contribution in [0, 0.1) is 0 Å². The average Bonchev–Trinajstić information content (AvgIpc) is 1.66. The van der Waals surface area contributed by atoms with E-state index in [-0.39, 0.29) is 31.0 Å². The Bertz CT molecular complexity index is 78.1. The van der Waals surface area contributed by atoms with Crippen LogP contribution in [0.25, 0.3) is 0 Å². The van der Waals surface area contributed by atoms with E-state index in [0.717, 1.165) is 19.3 Å². The third-order valence-electron chi connectivity index (χ3n) is 0.994. The maximum Gasteiger partial charge on any atom is 1.00 e. The molecule has 3 heteroatoms. The summed E-state index contributed by atoms with van der Waals surface area (Å²) in [5.41, 5.74) is 0. The van der Waals surface area contributed by atoms with Crippen molar-refractivity contribution in [1.82, 2.24) is 0 Å². The maximum atomic E-state index is 9.87. The van der Waals surface area contributed by atoms with Crippen LogP contribution in [0.1, 0.15) is 34.0 Å². The van der Waals surface area contributed by atoms with Gasteiger partial charge in [0.15, 0.2) is 0 Å². The molecule has 2 nitrogen and oxygen atoms in total. The minimum Gasteiger partial charge on any atom is -1.00 e. The van der Waals surface area contributed by atoms with Gasteiger partial charge in [-0.25, -0.2) is 0 Å². The van der Waals surface area contributed by atoms with E-state index in [0.29, 0.717) is 6.42 Å². The second-order valence-corrected chi connectivity index (χ2v) is 1.85. The fraction of sp³-hybridized carbons (Fsp3) is 0.833. The number of aliphatic carboxylic acids is 1. The molecule has 0 rings (SSSR count). The molecule has 0 amide bonds. The van der Waals surface area contributed by atoms with Gasteiger partial charge in [0.2, 0.25) is 0 Å². The fourth-order valence-electron chi connectivity index (χ4n) is 0.526. The van der Waals surface area contributed by atoms with E-state index in [1.54, 1.807) is 0 Å². The first kappa shape index (κ1) is 12.2. The molecular weight excluding hydrogens is 127 g/mol. The van der Waals surface area contributed by atoms with E-state index in [2.05, 4.69) is 6.92 Å². The largest absolute Gasteiger partial charge is 1.00 e. The van der Waals surface area contributed by atoms with E-state index in [1.807, 2.05) is 0 Å². The van der Waals surface area contributed by atoms with Gasteiger partial charge in [-0.2, -0.15) is 0 Å². The second kappa shape index (κ2) is 8.47. The molecule has 0 saturated carbocycles. The van der Waals surface area contributed by atoms with E-state index in [1.165, 1.54) is 0 Å². The maximum absolute atomic E-state index is 9.87. The topological polar surface area (TPSA) is 37.3 Å². The van der Waals surface area contributed by atoms with Crippen LogP contribution >= 0.6 is 0 Å². The molecule has 0 unspecified atom stereocenters. The number of carboxylic acid groups (broad SMARTS) is 1. The molecule has 0 saturated heterocycles. The molecular formula is C6H13NaO2. The summed E-state index contributed by atoms with van der Waals surface area (Å²) in [4.78, 5) is 9.87. The predicted molar refractivity (Wildman–Crippen MR) is 32.9 cm³/mol. The van der Waals surface area contributed by atoms with Gasteiger partial charge in [0, 0.05) is 6.42 Å². The van der Waals surface area contributed by atoms with Crippen LogP contribution < -0.4 is 29.6 Å². The molecule has 0 fully saturated rings. The van der Waals surface area contributed by atoms with Gasteiger partial charge >= 0.3 is 35.5 Å². The number of hydrogen-bond acceptors (Lipinski definition) is 1. The van der Waals surface area contributed by atoms with Crippen molar-refractivity contribution in [2.75, 3.05) is 0 Å². The normalized spacial score (nSPS) is 8.11. The molecule has 9 heavy (non-hydrogen) atoms. The van der Waals surface area contributed by atoms with Crippen LogP contribution in [-0.4, -0.2) is 11.1 Å². The first-order chi connectivity index (χ1) is 3.77. The van der Waals surface area contributed by atoms with Gasteiger partial charge in [-0.05, 0) is 6.42 Å². The second-order valence-electron chi connectivity index (χ2n) is 1.85. The Labute approximate surface area is 79.4 Å². The molecule has 0 aromatic carbocycles. The summed E-state index contributed by atoms with van der Waals surface area (Å²) in [5.74, 6) is -0.682. The van der Waals surface area contributed by atoms with Gasteiger partial charge in [-0.3, -0.25) is 4.79 Å². The number of carboxylic acids is 1. The Hall–Kier alpha value is 0.470. The molecule has 0 atom stereocenters. The fourth-order valence-corrected chi connectivity index (χ4v) is 0.526. The molecule has 0 aliphatic rings. The smallest absolute Gasteiger partial charge is 1.00 e. The summed E-state index contributed by atoms with van der Waals surface area (Å²) in [7, 11) is 0. The van der Waals surface area contributed by atoms with Gasteiger partial charge in [0.25, 0.3) is 0 Å². The van der Waals surface area contributed by atoms with Crippen molar-refractivity contribution in [3.63, 3.8) is 0 Å². The molecule has 0 aromatic heterocycles. The Morgan fingerprint density at radius 2 is 2.11 bits per heavy atom. The molecule has 0 spiro atoms. The van der Waals surface area contributed by atoms with Crippen molar-refractivity contribution >= 4 is 5.97 Å². The third kappa shape index (κ3) is 11.8. The van der Waals surface area contributed by atoms with Crippen LogP contribution in [0.5, 0.6) is 0 Å². The minimum absolute atomic E-state index is 0. The molecule has 0 bridgehead atoms.